The molecule has 0 radical (unpaired) electrons. The number of nitrogens with one attached hydrogen (secondary N) is 1. The Kier molecular flexibility index (Phi) is 4.79. The van der Waals surface area contributed by atoms with Crippen molar-refractivity contribution in [2.45, 2.75) is 31.7 Å². The van der Waals surface area contributed by atoms with Gasteiger partial charge in [-0.1, -0.05) is 12.8 Å². The fourth-order valence-electron chi connectivity index (χ4n) is 2.53. The van der Waals surface area contributed by atoms with E-state index in [1.165, 1.54) is 31.7 Å². The molecule has 1 fully saturated rings. The van der Waals surface area contributed by atoms with Crippen LogP contribution < -0.4 is 5.32 Å². The lowest BCUT2D eigenvalue weighted by Crippen LogP contribution is -2.37. The highest BCUT2D eigenvalue weighted by atomic mass is 16.4. The second-order valence-corrected chi connectivity index (χ2v) is 5.18. The Balaban J connectivity index is 1.75. The Hall–Kier alpha value is -1.82. The molecule has 1 heterocycles. The van der Waals surface area contributed by atoms with Crippen molar-refractivity contribution in [1.82, 2.24) is 10.2 Å². The van der Waals surface area contributed by atoms with Gasteiger partial charge in [0.1, 0.15) is 6.26 Å². The summed E-state index contributed by atoms with van der Waals surface area (Å²) in [6.45, 7) is 1.30. The molecule has 1 aliphatic rings. The molecular weight excluding hydrogens is 260 g/mol. The highest BCUT2D eigenvalue weighted by Gasteiger charge is 2.19. The number of rotatable bonds is 6. The molecule has 6 nitrogen and oxygen atoms in total. The molecular formula is C14H20N2O4. The minimum atomic E-state index is -1.10. The quantitative estimate of drug-likeness (QED) is 0.826. The third-order valence-corrected chi connectivity index (χ3v) is 3.77. The summed E-state index contributed by atoms with van der Waals surface area (Å²) in [4.78, 5) is 24.7. The van der Waals surface area contributed by atoms with Gasteiger partial charge in [0, 0.05) is 25.2 Å². The third-order valence-electron chi connectivity index (χ3n) is 3.77. The van der Waals surface area contributed by atoms with Gasteiger partial charge in [0.25, 0.3) is 5.91 Å². The molecule has 0 bridgehead atoms. The van der Waals surface area contributed by atoms with Crippen molar-refractivity contribution in [2.75, 3.05) is 20.1 Å². The van der Waals surface area contributed by atoms with Gasteiger partial charge in [-0.25, -0.2) is 4.79 Å². The predicted molar refractivity (Wildman–Crippen MR) is 72.9 cm³/mol. The Morgan fingerprint density at radius 1 is 1.45 bits per heavy atom. The standard InChI is InChI=1S/C14H20N2O4/c1-16(11-4-2-3-5-11)7-6-15-13(17)12-8-10(9-20-12)14(18)19/h8-9,11H,2-7H2,1H3,(H,15,17)(H,18,19). The molecule has 1 saturated carbocycles. The van der Waals surface area contributed by atoms with Gasteiger partial charge in [-0.05, 0) is 19.9 Å². The van der Waals surface area contributed by atoms with E-state index in [9.17, 15) is 9.59 Å². The second-order valence-electron chi connectivity index (χ2n) is 5.18. The number of carbonyl (C=O) groups is 2. The molecule has 110 valence electrons. The highest BCUT2D eigenvalue weighted by molar-refractivity contribution is 5.95. The average molecular weight is 280 g/mol. The zero-order valence-electron chi connectivity index (χ0n) is 11.6. The molecule has 1 aliphatic carbocycles. The van der Waals surface area contributed by atoms with Crippen molar-refractivity contribution in [3.63, 3.8) is 0 Å². The van der Waals surface area contributed by atoms with Gasteiger partial charge in [0.05, 0.1) is 5.56 Å². The first-order valence-electron chi connectivity index (χ1n) is 6.88. The molecule has 0 unspecified atom stereocenters. The van der Waals surface area contributed by atoms with Crippen molar-refractivity contribution >= 4 is 11.9 Å². The van der Waals surface area contributed by atoms with E-state index in [0.29, 0.717) is 12.6 Å². The van der Waals surface area contributed by atoms with Gasteiger partial charge in [-0.15, -0.1) is 0 Å². The van der Waals surface area contributed by atoms with E-state index >= 15 is 0 Å². The summed E-state index contributed by atoms with van der Waals surface area (Å²) < 4.78 is 4.94. The number of nitrogens with zero attached hydrogens (tertiary/aromatic N) is 1. The Labute approximate surface area is 117 Å². The van der Waals surface area contributed by atoms with Crippen LogP contribution in [0.3, 0.4) is 0 Å². The zero-order chi connectivity index (χ0) is 14.5. The first kappa shape index (κ1) is 14.6. The number of carboxylic acid groups (broad SMARTS) is 1. The maximum atomic E-state index is 11.8. The van der Waals surface area contributed by atoms with E-state index in [-0.39, 0.29) is 17.2 Å². The predicted octanol–water partition coefficient (Wildman–Crippen LogP) is 1.58. The smallest absolute Gasteiger partial charge is 0.338 e. The van der Waals surface area contributed by atoms with Crippen LogP contribution >= 0.6 is 0 Å². The van der Waals surface area contributed by atoms with Gasteiger partial charge in [0.15, 0.2) is 5.76 Å². The van der Waals surface area contributed by atoms with Crippen molar-refractivity contribution in [3.05, 3.63) is 23.7 Å². The highest BCUT2D eigenvalue weighted by Crippen LogP contribution is 2.21. The third kappa shape index (κ3) is 3.60. The average Bonchev–Trinajstić information content (AvgIpc) is 3.09. The maximum Gasteiger partial charge on any atom is 0.338 e. The SMILES string of the molecule is CN(CCNC(=O)c1cc(C(=O)O)co1)C1CCCC1. The lowest BCUT2D eigenvalue weighted by Gasteiger charge is -2.23. The lowest BCUT2D eigenvalue weighted by molar-refractivity contribution is 0.0696. The lowest BCUT2D eigenvalue weighted by atomic mass is 10.2. The summed E-state index contributed by atoms with van der Waals surface area (Å²) >= 11 is 0. The van der Waals surface area contributed by atoms with Crippen molar-refractivity contribution in [1.29, 1.82) is 0 Å². The second kappa shape index (κ2) is 6.56. The van der Waals surface area contributed by atoms with Crippen LogP contribution in [0.1, 0.15) is 46.6 Å². The van der Waals surface area contributed by atoms with Crippen LogP contribution in [0.15, 0.2) is 16.7 Å². The maximum absolute atomic E-state index is 11.8. The summed E-state index contributed by atoms with van der Waals surface area (Å²) in [5.41, 5.74) is -0.0155. The Bertz CT molecular complexity index is 477. The van der Waals surface area contributed by atoms with Crippen molar-refractivity contribution in [3.8, 4) is 0 Å². The number of amides is 1. The van der Waals surface area contributed by atoms with Crippen LogP contribution in [0.5, 0.6) is 0 Å². The summed E-state index contributed by atoms with van der Waals surface area (Å²) in [7, 11) is 2.07. The Morgan fingerprint density at radius 2 is 2.15 bits per heavy atom. The van der Waals surface area contributed by atoms with Crippen molar-refractivity contribution < 1.29 is 19.1 Å². The van der Waals surface area contributed by atoms with Crippen molar-refractivity contribution in [2.24, 2.45) is 0 Å². The van der Waals surface area contributed by atoms with Crippen LogP contribution in [0.2, 0.25) is 0 Å². The monoisotopic (exact) mass is 280 g/mol. The normalized spacial score (nSPS) is 15.7. The first-order chi connectivity index (χ1) is 9.58. The van der Waals surface area contributed by atoms with Gasteiger partial charge in [-0.2, -0.15) is 0 Å². The van der Waals surface area contributed by atoms with Gasteiger partial charge >= 0.3 is 5.97 Å². The van der Waals surface area contributed by atoms with Gasteiger partial charge in [0.2, 0.25) is 0 Å². The minimum absolute atomic E-state index is 0.0155. The van der Waals surface area contributed by atoms with Gasteiger partial charge < -0.3 is 19.7 Å². The van der Waals surface area contributed by atoms with E-state index in [0.717, 1.165) is 12.8 Å². The molecule has 0 aromatic carbocycles. The summed E-state index contributed by atoms with van der Waals surface area (Å²) in [6.07, 6.45) is 6.09. The van der Waals surface area contributed by atoms with E-state index < -0.39 is 5.97 Å². The molecule has 6 heteroatoms. The number of carboxylic acids is 1. The van der Waals surface area contributed by atoms with E-state index in [1.807, 2.05) is 0 Å². The molecule has 0 atom stereocenters. The fourth-order valence-corrected chi connectivity index (χ4v) is 2.53. The number of hydrogen-bond donors (Lipinski definition) is 2. The number of aromatic carboxylic acids is 1. The number of hydrogen-bond acceptors (Lipinski definition) is 4. The van der Waals surface area contributed by atoms with Crippen LogP contribution in [0.25, 0.3) is 0 Å². The number of likely N-dealkylation sites (N-methyl/N-ethyl adjacent to an activating group) is 1. The van der Waals surface area contributed by atoms with Crippen LogP contribution in [-0.2, 0) is 0 Å². The fraction of sp³-hybridized carbons (Fsp3) is 0.571. The number of carbonyl (C=O) groups excluding carboxylic acids is 1. The molecule has 0 aliphatic heterocycles. The largest absolute Gasteiger partial charge is 0.478 e. The molecule has 1 aromatic heterocycles. The van der Waals surface area contributed by atoms with Gasteiger partial charge in [-0.3, -0.25) is 4.79 Å². The molecule has 2 rings (SSSR count). The van der Waals surface area contributed by atoms with Crippen LogP contribution in [-0.4, -0.2) is 48.1 Å². The molecule has 1 amide bonds. The van der Waals surface area contributed by atoms with E-state index in [4.69, 9.17) is 9.52 Å². The first-order valence-corrected chi connectivity index (χ1v) is 6.88. The minimum Gasteiger partial charge on any atom is -0.478 e. The molecule has 0 saturated heterocycles. The molecule has 1 aromatic rings. The van der Waals surface area contributed by atoms with E-state index in [1.54, 1.807) is 0 Å². The molecule has 2 N–H and O–H groups in total. The number of furan rings is 1. The summed E-state index contributed by atoms with van der Waals surface area (Å²) in [5.74, 6) is -1.45. The van der Waals surface area contributed by atoms with Crippen LogP contribution in [0, 0.1) is 0 Å². The summed E-state index contributed by atoms with van der Waals surface area (Å²) in [5, 5.41) is 11.5. The topological polar surface area (TPSA) is 82.8 Å². The summed E-state index contributed by atoms with van der Waals surface area (Å²) in [6, 6.07) is 1.85. The zero-order valence-corrected chi connectivity index (χ0v) is 11.6. The molecule has 20 heavy (non-hydrogen) atoms. The Morgan fingerprint density at radius 3 is 2.75 bits per heavy atom. The van der Waals surface area contributed by atoms with Crippen LogP contribution in [0.4, 0.5) is 0 Å². The molecule has 0 spiro atoms. The van der Waals surface area contributed by atoms with E-state index in [2.05, 4.69) is 17.3 Å².